The summed E-state index contributed by atoms with van der Waals surface area (Å²) in [5.74, 6) is 0.590. The van der Waals surface area contributed by atoms with Gasteiger partial charge in [0.2, 0.25) is 0 Å². The molecule has 0 radical (unpaired) electrons. The molecule has 0 aromatic rings. The van der Waals surface area contributed by atoms with Gasteiger partial charge in [-0.25, -0.2) is 0 Å². The fourth-order valence-corrected chi connectivity index (χ4v) is 3.22. The molecule has 0 N–H and O–H groups in total. The standard InChI is InChI=1S/C20H36ClN.C6H12O2/c1-7-12-18(6)20(21)19(13-8-2)22(15-9-3)16-11-14-17(5)10-4;1-5(7)8-6(2,3)4/h8,12-13,17H,7,9-11,14-16H2,1-6H3;1-4H3/b13-8-,18-12+,20-19-;. The predicted molar refractivity (Wildman–Crippen MR) is 134 cm³/mol. The van der Waals surface area contributed by atoms with Crippen LogP contribution in [0.5, 0.6) is 0 Å². The molecule has 3 nitrogen and oxygen atoms in total. The zero-order chi connectivity index (χ0) is 23.7. The first kappa shape index (κ1) is 31.0. The van der Waals surface area contributed by atoms with Gasteiger partial charge in [0, 0.05) is 20.0 Å². The summed E-state index contributed by atoms with van der Waals surface area (Å²) in [6, 6.07) is 0. The van der Waals surface area contributed by atoms with Gasteiger partial charge in [-0.2, -0.15) is 0 Å². The molecule has 0 aromatic heterocycles. The summed E-state index contributed by atoms with van der Waals surface area (Å²) >= 11 is 6.67. The largest absolute Gasteiger partial charge is 0.460 e. The van der Waals surface area contributed by atoms with E-state index in [2.05, 4.69) is 64.7 Å². The van der Waals surface area contributed by atoms with Crippen LogP contribution in [0.3, 0.4) is 0 Å². The van der Waals surface area contributed by atoms with Crippen molar-refractivity contribution in [3.05, 3.63) is 34.5 Å². The summed E-state index contributed by atoms with van der Waals surface area (Å²) in [6.07, 6.45) is 12.4. The summed E-state index contributed by atoms with van der Waals surface area (Å²) in [5.41, 5.74) is 2.03. The number of carbonyl (C=O) groups is 1. The lowest BCUT2D eigenvalue weighted by atomic mass is 10.0. The molecule has 0 fully saturated rings. The first-order valence-electron chi connectivity index (χ1n) is 11.6. The maximum absolute atomic E-state index is 10.2. The molecule has 0 heterocycles. The average Bonchev–Trinajstić information content (AvgIpc) is 2.63. The van der Waals surface area contributed by atoms with Crippen molar-refractivity contribution in [3.63, 3.8) is 0 Å². The highest BCUT2D eigenvalue weighted by molar-refractivity contribution is 6.32. The molecule has 0 amide bonds. The SMILES string of the molecule is CC(=O)OC(C)(C)C.C\C=C/C(=C(Cl)\C(C)=C\CC)N(CCC)CCCC(C)CC. The van der Waals surface area contributed by atoms with Crippen molar-refractivity contribution >= 4 is 17.6 Å². The number of ether oxygens (including phenoxy) is 1. The van der Waals surface area contributed by atoms with E-state index < -0.39 is 0 Å². The monoisotopic (exact) mass is 441 g/mol. The number of rotatable bonds is 11. The van der Waals surface area contributed by atoms with Crippen LogP contribution in [0, 0.1) is 5.92 Å². The van der Waals surface area contributed by atoms with E-state index in [1.807, 2.05) is 20.8 Å². The second-order valence-corrected chi connectivity index (χ2v) is 9.22. The fraction of sp³-hybridized carbons (Fsp3) is 0.731. The van der Waals surface area contributed by atoms with Crippen LogP contribution in [0.25, 0.3) is 0 Å². The molecular formula is C26H48ClNO2. The van der Waals surface area contributed by atoms with Gasteiger partial charge in [-0.05, 0) is 77.9 Å². The van der Waals surface area contributed by atoms with Gasteiger partial charge < -0.3 is 9.64 Å². The third-order valence-electron chi connectivity index (χ3n) is 4.51. The quantitative estimate of drug-likeness (QED) is 0.238. The Labute approximate surface area is 192 Å². The van der Waals surface area contributed by atoms with Gasteiger partial charge >= 0.3 is 5.97 Å². The Morgan fingerprint density at radius 3 is 2.10 bits per heavy atom. The number of carbonyl (C=O) groups excluding carboxylic acids is 1. The molecule has 4 heteroatoms. The molecule has 0 spiro atoms. The van der Waals surface area contributed by atoms with Gasteiger partial charge in [-0.1, -0.05) is 57.9 Å². The molecule has 0 aromatic carbocycles. The lowest BCUT2D eigenvalue weighted by Gasteiger charge is -2.27. The Balaban J connectivity index is 0. The molecule has 176 valence electrons. The van der Waals surface area contributed by atoms with Crippen LogP contribution >= 0.6 is 11.6 Å². The van der Waals surface area contributed by atoms with Crippen LogP contribution in [0.15, 0.2) is 34.5 Å². The fourth-order valence-electron chi connectivity index (χ4n) is 2.96. The molecule has 0 rings (SSSR count). The number of allylic oxidation sites excluding steroid dienone is 5. The number of esters is 1. The summed E-state index contributed by atoms with van der Waals surface area (Å²) in [4.78, 5) is 12.7. The lowest BCUT2D eigenvalue weighted by molar-refractivity contribution is -0.151. The Bertz CT molecular complexity index is 556. The van der Waals surface area contributed by atoms with Gasteiger partial charge in [0.15, 0.2) is 0 Å². The van der Waals surface area contributed by atoms with E-state index in [1.54, 1.807) is 0 Å². The average molecular weight is 442 g/mol. The van der Waals surface area contributed by atoms with Gasteiger partial charge in [-0.15, -0.1) is 0 Å². The maximum Gasteiger partial charge on any atom is 0.303 e. The van der Waals surface area contributed by atoms with Crippen molar-refractivity contribution in [3.8, 4) is 0 Å². The number of nitrogens with zero attached hydrogens (tertiary/aromatic N) is 1. The van der Waals surface area contributed by atoms with Crippen LogP contribution in [-0.4, -0.2) is 29.6 Å². The van der Waals surface area contributed by atoms with Crippen molar-refractivity contribution in [2.75, 3.05) is 13.1 Å². The van der Waals surface area contributed by atoms with E-state index in [-0.39, 0.29) is 11.6 Å². The summed E-state index contributed by atoms with van der Waals surface area (Å²) in [6.45, 7) is 22.3. The summed E-state index contributed by atoms with van der Waals surface area (Å²) in [5, 5.41) is 0.900. The van der Waals surface area contributed by atoms with Crippen LogP contribution in [0.1, 0.15) is 101 Å². The Morgan fingerprint density at radius 2 is 1.73 bits per heavy atom. The zero-order valence-corrected chi connectivity index (χ0v) is 22.2. The Morgan fingerprint density at radius 1 is 1.13 bits per heavy atom. The van der Waals surface area contributed by atoms with E-state index in [4.69, 9.17) is 16.3 Å². The highest BCUT2D eigenvalue weighted by Crippen LogP contribution is 2.24. The minimum absolute atomic E-state index is 0.225. The van der Waals surface area contributed by atoms with E-state index in [1.165, 1.54) is 37.5 Å². The number of hydrogen-bond acceptors (Lipinski definition) is 3. The lowest BCUT2D eigenvalue weighted by Crippen LogP contribution is -2.25. The van der Waals surface area contributed by atoms with Crippen LogP contribution in [0.2, 0.25) is 0 Å². The second kappa shape index (κ2) is 17.5. The van der Waals surface area contributed by atoms with E-state index in [9.17, 15) is 4.79 Å². The highest BCUT2D eigenvalue weighted by Gasteiger charge is 2.13. The third-order valence-corrected chi connectivity index (χ3v) is 5.00. The molecule has 0 saturated carbocycles. The van der Waals surface area contributed by atoms with Gasteiger partial charge in [-0.3, -0.25) is 4.79 Å². The number of hydrogen-bond donors (Lipinski definition) is 0. The molecule has 0 bridgehead atoms. The summed E-state index contributed by atoms with van der Waals surface area (Å²) < 4.78 is 4.80. The van der Waals surface area contributed by atoms with E-state index >= 15 is 0 Å². The third kappa shape index (κ3) is 16.6. The Kier molecular flexibility index (Phi) is 18.0. The second-order valence-electron chi connectivity index (χ2n) is 8.84. The van der Waals surface area contributed by atoms with Crippen molar-refractivity contribution in [1.82, 2.24) is 4.90 Å². The van der Waals surface area contributed by atoms with Crippen LogP contribution in [0.4, 0.5) is 0 Å². The van der Waals surface area contributed by atoms with Crippen molar-refractivity contribution in [2.24, 2.45) is 5.92 Å². The molecule has 0 saturated heterocycles. The minimum Gasteiger partial charge on any atom is -0.460 e. The molecule has 1 atom stereocenters. The van der Waals surface area contributed by atoms with Crippen molar-refractivity contribution in [1.29, 1.82) is 0 Å². The molecule has 0 aliphatic rings. The topological polar surface area (TPSA) is 29.5 Å². The van der Waals surface area contributed by atoms with Crippen molar-refractivity contribution < 1.29 is 9.53 Å². The Hall–Kier alpha value is -1.22. The van der Waals surface area contributed by atoms with Gasteiger partial charge in [0.05, 0.1) is 10.7 Å². The first-order valence-corrected chi connectivity index (χ1v) is 11.9. The van der Waals surface area contributed by atoms with Crippen LogP contribution < -0.4 is 0 Å². The predicted octanol–water partition coefficient (Wildman–Crippen LogP) is 8.26. The van der Waals surface area contributed by atoms with E-state index in [0.29, 0.717) is 0 Å². The molecule has 0 aliphatic carbocycles. The summed E-state index contributed by atoms with van der Waals surface area (Å²) in [7, 11) is 0. The van der Waals surface area contributed by atoms with E-state index in [0.717, 1.165) is 36.9 Å². The molecular weight excluding hydrogens is 394 g/mol. The zero-order valence-electron chi connectivity index (χ0n) is 21.4. The minimum atomic E-state index is -0.328. The normalized spacial score (nSPS) is 14.0. The van der Waals surface area contributed by atoms with Crippen molar-refractivity contribution in [2.45, 2.75) is 107 Å². The first-order chi connectivity index (χ1) is 13.9. The smallest absolute Gasteiger partial charge is 0.303 e. The number of halogens is 1. The molecule has 30 heavy (non-hydrogen) atoms. The van der Waals surface area contributed by atoms with Crippen LogP contribution in [-0.2, 0) is 9.53 Å². The molecule has 0 aliphatic heterocycles. The maximum atomic E-state index is 10.2. The highest BCUT2D eigenvalue weighted by atomic mass is 35.5. The molecule has 1 unspecified atom stereocenters. The van der Waals surface area contributed by atoms with Gasteiger partial charge in [0.1, 0.15) is 5.60 Å². The van der Waals surface area contributed by atoms with Gasteiger partial charge in [0.25, 0.3) is 0 Å².